The van der Waals surface area contributed by atoms with Gasteiger partial charge in [-0.3, -0.25) is 0 Å². The van der Waals surface area contributed by atoms with Crippen LogP contribution in [0.15, 0.2) is 18.2 Å². The molecule has 5 heteroatoms. The lowest BCUT2D eigenvalue weighted by atomic mass is 10.3. The number of halogens is 1. The molecule has 0 aromatic heterocycles. The molecule has 0 aliphatic rings. The lowest BCUT2D eigenvalue weighted by Crippen LogP contribution is -2.19. The highest BCUT2D eigenvalue weighted by Crippen LogP contribution is 2.25. The number of rotatable bonds is 2. The molecule has 0 unspecified atom stereocenters. The van der Waals surface area contributed by atoms with E-state index in [1.165, 1.54) is 0 Å². The summed E-state index contributed by atoms with van der Waals surface area (Å²) in [7, 11) is 1.61. The number of ether oxygens (including phenoxy) is 1. The van der Waals surface area contributed by atoms with Crippen LogP contribution in [-0.4, -0.2) is 12.2 Å². The van der Waals surface area contributed by atoms with Crippen LogP contribution in [0.1, 0.15) is 0 Å². The first kappa shape index (κ1) is 10.5. The molecule has 0 aliphatic heterocycles. The van der Waals surface area contributed by atoms with Crippen LogP contribution in [0.5, 0.6) is 5.75 Å². The summed E-state index contributed by atoms with van der Waals surface area (Å²) in [5, 5.41) is 3.07. The van der Waals surface area contributed by atoms with Crippen LogP contribution < -0.4 is 15.8 Å². The number of hydrogen-bond donors (Lipinski definition) is 2. The molecular formula is C8H9IN2OS. The maximum absolute atomic E-state index is 5.35. The molecule has 0 saturated carbocycles. The van der Waals surface area contributed by atoms with Crippen molar-refractivity contribution >= 4 is 45.6 Å². The Morgan fingerprint density at radius 3 is 2.85 bits per heavy atom. The summed E-state index contributed by atoms with van der Waals surface area (Å²) in [6.45, 7) is 0. The first-order valence-electron chi connectivity index (χ1n) is 3.53. The Hall–Kier alpha value is -0.560. The Morgan fingerprint density at radius 1 is 1.62 bits per heavy atom. The quantitative estimate of drug-likeness (QED) is 0.648. The fraction of sp³-hybridized carbons (Fsp3) is 0.125. The zero-order chi connectivity index (χ0) is 9.84. The van der Waals surface area contributed by atoms with Gasteiger partial charge in [-0.25, -0.2) is 0 Å². The van der Waals surface area contributed by atoms with Crippen LogP contribution in [0.2, 0.25) is 0 Å². The number of nitrogens with two attached hydrogens (primary N) is 1. The van der Waals surface area contributed by atoms with Crippen LogP contribution in [-0.2, 0) is 0 Å². The van der Waals surface area contributed by atoms with Gasteiger partial charge in [0.25, 0.3) is 0 Å². The SMILES string of the molecule is COc1cc(I)ccc1NC(N)=S. The van der Waals surface area contributed by atoms with E-state index in [0.717, 1.165) is 15.0 Å². The van der Waals surface area contributed by atoms with Gasteiger partial charge in [-0.1, -0.05) is 0 Å². The van der Waals surface area contributed by atoms with Crippen LogP contribution in [0, 0.1) is 3.57 Å². The van der Waals surface area contributed by atoms with Crippen molar-refractivity contribution < 1.29 is 4.74 Å². The molecule has 70 valence electrons. The molecule has 0 radical (unpaired) electrons. The van der Waals surface area contributed by atoms with Gasteiger partial charge in [0.05, 0.1) is 12.8 Å². The van der Waals surface area contributed by atoms with Crippen molar-refractivity contribution in [3.63, 3.8) is 0 Å². The van der Waals surface area contributed by atoms with Gasteiger partial charge in [0, 0.05) is 3.57 Å². The lowest BCUT2D eigenvalue weighted by molar-refractivity contribution is 0.416. The van der Waals surface area contributed by atoms with Crippen LogP contribution in [0.25, 0.3) is 0 Å². The summed E-state index contributed by atoms with van der Waals surface area (Å²) in [5.41, 5.74) is 6.14. The second kappa shape index (κ2) is 4.61. The monoisotopic (exact) mass is 308 g/mol. The van der Waals surface area contributed by atoms with Crippen molar-refractivity contribution in [2.75, 3.05) is 12.4 Å². The average Bonchev–Trinajstić information content (AvgIpc) is 2.07. The third-order valence-electron chi connectivity index (χ3n) is 1.42. The zero-order valence-electron chi connectivity index (χ0n) is 7.00. The molecule has 0 saturated heterocycles. The van der Waals surface area contributed by atoms with Crippen molar-refractivity contribution in [3.05, 3.63) is 21.8 Å². The molecule has 0 bridgehead atoms. The van der Waals surface area contributed by atoms with E-state index in [1.54, 1.807) is 7.11 Å². The van der Waals surface area contributed by atoms with E-state index in [4.69, 9.17) is 22.7 Å². The van der Waals surface area contributed by atoms with Gasteiger partial charge in [0.1, 0.15) is 5.75 Å². The van der Waals surface area contributed by atoms with E-state index >= 15 is 0 Å². The molecule has 0 fully saturated rings. The molecule has 0 spiro atoms. The minimum absolute atomic E-state index is 0.236. The van der Waals surface area contributed by atoms with E-state index in [2.05, 4.69) is 27.9 Å². The molecule has 0 atom stereocenters. The Kier molecular flexibility index (Phi) is 3.73. The van der Waals surface area contributed by atoms with E-state index in [1.807, 2.05) is 18.2 Å². The maximum atomic E-state index is 5.35. The third-order valence-corrected chi connectivity index (χ3v) is 2.19. The van der Waals surface area contributed by atoms with E-state index in [-0.39, 0.29) is 5.11 Å². The predicted octanol–water partition coefficient (Wildman–Crippen LogP) is 1.96. The lowest BCUT2D eigenvalue weighted by Gasteiger charge is -2.09. The van der Waals surface area contributed by atoms with Crippen molar-refractivity contribution in [3.8, 4) is 5.75 Å². The van der Waals surface area contributed by atoms with Crippen LogP contribution in [0.4, 0.5) is 5.69 Å². The predicted molar refractivity (Wildman–Crippen MR) is 66.1 cm³/mol. The summed E-state index contributed by atoms with van der Waals surface area (Å²) in [6, 6.07) is 5.73. The standard InChI is InChI=1S/C8H9IN2OS/c1-12-7-4-5(9)2-3-6(7)11-8(10)13/h2-4H,1H3,(H3,10,11,13). The maximum Gasteiger partial charge on any atom is 0.168 e. The molecule has 1 rings (SSSR count). The number of nitrogens with one attached hydrogen (secondary N) is 1. The molecule has 0 amide bonds. The molecule has 3 nitrogen and oxygen atoms in total. The molecule has 1 aromatic rings. The highest BCUT2D eigenvalue weighted by molar-refractivity contribution is 14.1. The topological polar surface area (TPSA) is 47.3 Å². The van der Waals surface area contributed by atoms with Crippen molar-refractivity contribution in [1.29, 1.82) is 0 Å². The smallest absolute Gasteiger partial charge is 0.168 e. The summed E-state index contributed by atoms with van der Waals surface area (Å²) >= 11 is 6.93. The second-order valence-electron chi connectivity index (χ2n) is 2.33. The normalized spacial score (nSPS) is 9.38. The second-order valence-corrected chi connectivity index (χ2v) is 4.02. The third kappa shape index (κ3) is 3.00. The minimum Gasteiger partial charge on any atom is -0.495 e. The molecule has 0 heterocycles. The van der Waals surface area contributed by atoms with E-state index in [0.29, 0.717) is 0 Å². The number of thiocarbonyl (C=S) groups is 1. The molecule has 3 N–H and O–H groups in total. The van der Waals surface area contributed by atoms with Gasteiger partial charge < -0.3 is 15.8 Å². The number of methoxy groups -OCH3 is 1. The highest BCUT2D eigenvalue weighted by atomic mass is 127. The molecule has 1 aromatic carbocycles. The average molecular weight is 308 g/mol. The molecule has 0 aliphatic carbocycles. The first-order valence-corrected chi connectivity index (χ1v) is 5.02. The fourth-order valence-corrected chi connectivity index (χ4v) is 1.47. The minimum atomic E-state index is 0.236. The van der Waals surface area contributed by atoms with Gasteiger partial charge in [0.15, 0.2) is 5.11 Å². The van der Waals surface area contributed by atoms with E-state index < -0.39 is 0 Å². The van der Waals surface area contributed by atoms with Gasteiger partial charge in [-0.15, -0.1) is 0 Å². The van der Waals surface area contributed by atoms with Gasteiger partial charge >= 0.3 is 0 Å². The summed E-state index contributed by atoms with van der Waals surface area (Å²) in [6.07, 6.45) is 0. The van der Waals surface area contributed by atoms with Gasteiger partial charge in [0.2, 0.25) is 0 Å². The Morgan fingerprint density at radius 2 is 2.31 bits per heavy atom. The summed E-state index contributed by atoms with van der Waals surface area (Å²) < 4.78 is 6.24. The first-order chi connectivity index (χ1) is 6.13. The molecule has 13 heavy (non-hydrogen) atoms. The van der Waals surface area contributed by atoms with Crippen molar-refractivity contribution in [1.82, 2.24) is 0 Å². The van der Waals surface area contributed by atoms with Gasteiger partial charge in [-0.05, 0) is 53.0 Å². The van der Waals surface area contributed by atoms with Gasteiger partial charge in [-0.2, -0.15) is 0 Å². The summed E-state index contributed by atoms with van der Waals surface area (Å²) in [4.78, 5) is 0. The highest BCUT2D eigenvalue weighted by Gasteiger charge is 2.02. The molecular weight excluding hydrogens is 299 g/mol. The number of benzene rings is 1. The van der Waals surface area contributed by atoms with Crippen LogP contribution >= 0.6 is 34.8 Å². The Labute approximate surface area is 95.8 Å². The fourth-order valence-electron chi connectivity index (χ4n) is 0.901. The van der Waals surface area contributed by atoms with Crippen LogP contribution in [0.3, 0.4) is 0 Å². The number of anilines is 1. The van der Waals surface area contributed by atoms with E-state index in [9.17, 15) is 0 Å². The number of hydrogen-bond acceptors (Lipinski definition) is 2. The Balaban J connectivity index is 2.99. The zero-order valence-corrected chi connectivity index (χ0v) is 9.98. The summed E-state index contributed by atoms with van der Waals surface area (Å²) in [5.74, 6) is 0.736. The van der Waals surface area contributed by atoms with Crippen molar-refractivity contribution in [2.45, 2.75) is 0 Å². The largest absolute Gasteiger partial charge is 0.495 e. The van der Waals surface area contributed by atoms with Crippen molar-refractivity contribution in [2.24, 2.45) is 5.73 Å². The Bertz CT molecular complexity index is 330.